The molecule has 0 aliphatic heterocycles. The van der Waals surface area contributed by atoms with Crippen molar-refractivity contribution in [1.82, 2.24) is 9.97 Å². The predicted octanol–water partition coefficient (Wildman–Crippen LogP) is 2.63. The minimum absolute atomic E-state index is 0.0126. The van der Waals surface area contributed by atoms with Gasteiger partial charge in [0, 0.05) is 16.8 Å². The van der Waals surface area contributed by atoms with Crippen LogP contribution in [0.4, 0.5) is 5.82 Å². The van der Waals surface area contributed by atoms with Crippen molar-refractivity contribution < 1.29 is 9.90 Å². The maximum Gasteiger partial charge on any atom is 0.356 e. The number of hydrogen-bond donors (Lipinski definition) is 2. The van der Waals surface area contributed by atoms with E-state index in [1.807, 2.05) is 6.07 Å². The molecule has 0 bridgehead atoms. The van der Waals surface area contributed by atoms with Crippen molar-refractivity contribution in [3.63, 3.8) is 0 Å². The van der Waals surface area contributed by atoms with Gasteiger partial charge in [0.1, 0.15) is 5.82 Å². The monoisotopic (exact) mass is 277 g/mol. The molecule has 0 aromatic carbocycles. The van der Waals surface area contributed by atoms with Gasteiger partial charge in [0.05, 0.1) is 12.4 Å². The molecule has 2 N–H and O–H groups in total. The summed E-state index contributed by atoms with van der Waals surface area (Å²) in [5.41, 5.74) is -0.0653. The molecule has 2 rings (SSSR count). The first-order valence-corrected chi connectivity index (χ1v) is 6.70. The van der Waals surface area contributed by atoms with Gasteiger partial charge < -0.3 is 10.4 Å². The fourth-order valence-electron chi connectivity index (χ4n) is 1.59. The number of nitrogens with zero attached hydrogens (tertiary/aromatic N) is 2. The maximum atomic E-state index is 10.7. The number of anilines is 1. The Morgan fingerprint density at radius 1 is 1.42 bits per heavy atom. The van der Waals surface area contributed by atoms with Gasteiger partial charge in [-0.2, -0.15) is 0 Å². The number of aromatic nitrogens is 2. The van der Waals surface area contributed by atoms with Crippen LogP contribution >= 0.6 is 11.3 Å². The van der Waals surface area contributed by atoms with Gasteiger partial charge in [-0.3, -0.25) is 0 Å². The van der Waals surface area contributed by atoms with Gasteiger partial charge in [-0.1, -0.05) is 19.9 Å². The largest absolute Gasteiger partial charge is 0.476 e. The molecule has 0 saturated carbocycles. The van der Waals surface area contributed by atoms with E-state index in [0.29, 0.717) is 12.4 Å². The summed E-state index contributed by atoms with van der Waals surface area (Å²) in [7, 11) is 0. The minimum Gasteiger partial charge on any atom is -0.476 e. The molecule has 0 fully saturated rings. The van der Waals surface area contributed by atoms with Crippen molar-refractivity contribution in [3.05, 3.63) is 40.5 Å². The standard InChI is InChI=1S/C13H15N3O2S/c1-13(2,10-4-3-5-19-10)8-16-11-7-14-9(6-15-11)12(17)18/h3-7H,8H2,1-2H3,(H,15,16)(H,17,18). The number of aromatic carboxylic acids is 1. The Morgan fingerprint density at radius 2 is 2.21 bits per heavy atom. The summed E-state index contributed by atoms with van der Waals surface area (Å²) in [5.74, 6) is -0.493. The third-order valence-corrected chi connectivity index (χ3v) is 4.01. The Labute approximate surface area is 115 Å². The molecule has 5 nitrogen and oxygen atoms in total. The van der Waals surface area contributed by atoms with Gasteiger partial charge in [-0.05, 0) is 11.4 Å². The van der Waals surface area contributed by atoms with Crippen LogP contribution in [-0.4, -0.2) is 27.6 Å². The number of hydrogen-bond acceptors (Lipinski definition) is 5. The van der Waals surface area contributed by atoms with E-state index in [1.165, 1.54) is 17.3 Å². The van der Waals surface area contributed by atoms with Gasteiger partial charge in [0.2, 0.25) is 0 Å². The van der Waals surface area contributed by atoms with Crippen LogP contribution in [0.1, 0.15) is 29.2 Å². The molecule has 2 aromatic heterocycles. The zero-order valence-corrected chi connectivity index (χ0v) is 11.6. The summed E-state index contributed by atoms with van der Waals surface area (Å²) in [6.07, 6.45) is 2.69. The number of carboxylic acids is 1. The van der Waals surface area contributed by atoms with Crippen LogP contribution in [0.15, 0.2) is 29.9 Å². The Kier molecular flexibility index (Phi) is 3.80. The first kappa shape index (κ1) is 13.5. The number of thiophene rings is 1. The van der Waals surface area contributed by atoms with E-state index in [-0.39, 0.29) is 11.1 Å². The lowest BCUT2D eigenvalue weighted by molar-refractivity contribution is 0.0690. The molecule has 2 heterocycles. The summed E-state index contributed by atoms with van der Waals surface area (Å²) >= 11 is 1.72. The highest BCUT2D eigenvalue weighted by atomic mass is 32.1. The van der Waals surface area contributed by atoms with E-state index in [9.17, 15) is 4.79 Å². The van der Waals surface area contributed by atoms with Crippen LogP contribution in [0.2, 0.25) is 0 Å². The second-order valence-electron chi connectivity index (χ2n) is 4.81. The lowest BCUT2D eigenvalue weighted by Crippen LogP contribution is -2.27. The average molecular weight is 277 g/mol. The highest BCUT2D eigenvalue weighted by Gasteiger charge is 2.21. The van der Waals surface area contributed by atoms with E-state index < -0.39 is 5.97 Å². The summed E-state index contributed by atoms with van der Waals surface area (Å²) in [6, 6.07) is 4.13. The first-order chi connectivity index (χ1) is 8.99. The molecule has 19 heavy (non-hydrogen) atoms. The summed E-state index contributed by atoms with van der Waals surface area (Å²) in [6.45, 7) is 4.99. The normalized spacial score (nSPS) is 11.3. The third-order valence-electron chi connectivity index (χ3n) is 2.77. The van der Waals surface area contributed by atoms with Gasteiger partial charge in [0.25, 0.3) is 0 Å². The van der Waals surface area contributed by atoms with Crippen LogP contribution in [0.25, 0.3) is 0 Å². The molecule has 6 heteroatoms. The van der Waals surface area contributed by atoms with Crippen molar-refractivity contribution in [3.8, 4) is 0 Å². The maximum absolute atomic E-state index is 10.7. The third kappa shape index (κ3) is 3.29. The summed E-state index contributed by atoms with van der Waals surface area (Å²) < 4.78 is 0. The van der Waals surface area contributed by atoms with Crippen LogP contribution in [-0.2, 0) is 5.41 Å². The highest BCUT2D eigenvalue weighted by molar-refractivity contribution is 7.10. The summed E-state index contributed by atoms with van der Waals surface area (Å²) in [5, 5.41) is 14.0. The Hall–Kier alpha value is -1.95. The molecule has 0 radical (unpaired) electrons. The summed E-state index contributed by atoms with van der Waals surface area (Å²) in [4.78, 5) is 19.8. The SMILES string of the molecule is CC(C)(CNc1cnc(C(=O)O)cn1)c1cccs1. The second-order valence-corrected chi connectivity index (χ2v) is 5.75. The van der Waals surface area contributed by atoms with Gasteiger partial charge in [-0.25, -0.2) is 14.8 Å². The van der Waals surface area contributed by atoms with Crippen LogP contribution in [0, 0.1) is 0 Å². The fourth-order valence-corrected chi connectivity index (χ4v) is 2.44. The molecule has 0 amide bonds. The van der Waals surface area contributed by atoms with E-state index in [1.54, 1.807) is 11.3 Å². The van der Waals surface area contributed by atoms with Crippen LogP contribution < -0.4 is 5.32 Å². The van der Waals surface area contributed by atoms with Gasteiger partial charge >= 0.3 is 5.97 Å². The molecular weight excluding hydrogens is 262 g/mol. The van der Waals surface area contributed by atoms with E-state index >= 15 is 0 Å². The number of rotatable bonds is 5. The zero-order valence-electron chi connectivity index (χ0n) is 10.8. The Bertz CT molecular complexity index is 550. The van der Waals surface area contributed by atoms with Crippen molar-refractivity contribution in [2.45, 2.75) is 19.3 Å². The molecule has 0 aliphatic rings. The van der Waals surface area contributed by atoms with Crippen molar-refractivity contribution >= 4 is 23.1 Å². The van der Waals surface area contributed by atoms with Crippen LogP contribution in [0.5, 0.6) is 0 Å². The quantitative estimate of drug-likeness (QED) is 0.878. The topological polar surface area (TPSA) is 75.1 Å². The molecule has 0 saturated heterocycles. The van der Waals surface area contributed by atoms with Gasteiger partial charge in [0.15, 0.2) is 5.69 Å². The highest BCUT2D eigenvalue weighted by Crippen LogP contribution is 2.27. The average Bonchev–Trinajstić information content (AvgIpc) is 2.91. The molecule has 2 aromatic rings. The van der Waals surface area contributed by atoms with Crippen molar-refractivity contribution in [2.75, 3.05) is 11.9 Å². The molecule has 0 unspecified atom stereocenters. The Morgan fingerprint density at radius 3 is 2.74 bits per heavy atom. The van der Waals surface area contributed by atoms with Crippen LogP contribution in [0.3, 0.4) is 0 Å². The van der Waals surface area contributed by atoms with E-state index in [4.69, 9.17) is 5.11 Å². The van der Waals surface area contributed by atoms with E-state index in [2.05, 4.69) is 40.6 Å². The fraction of sp³-hybridized carbons (Fsp3) is 0.308. The molecular formula is C13H15N3O2S. The molecule has 0 aliphatic carbocycles. The molecule has 100 valence electrons. The van der Waals surface area contributed by atoms with Gasteiger partial charge in [-0.15, -0.1) is 11.3 Å². The number of nitrogens with one attached hydrogen (secondary N) is 1. The lowest BCUT2D eigenvalue weighted by Gasteiger charge is -2.23. The predicted molar refractivity (Wildman–Crippen MR) is 74.8 cm³/mol. The second kappa shape index (κ2) is 5.36. The van der Waals surface area contributed by atoms with Crippen molar-refractivity contribution in [2.24, 2.45) is 0 Å². The lowest BCUT2D eigenvalue weighted by atomic mass is 9.91. The Balaban J connectivity index is 2.00. The van der Waals surface area contributed by atoms with Crippen molar-refractivity contribution in [1.29, 1.82) is 0 Å². The minimum atomic E-state index is -1.07. The number of carboxylic acid groups (broad SMARTS) is 1. The van der Waals surface area contributed by atoms with E-state index in [0.717, 1.165) is 0 Å². The zero-order chi connectivity index (χ0) is 13.9. The first-order valence-electron chi connectivity index (χ1n) is 5.82. The number of carbonyl (C=O) groups is 1. The molecule has 0 spiro atoms. The smallest absolute Gasteiger partial charge is 0.356 e. The molecule has 0 atom stereocenters.